The van der Waals surface area contributed by atoms with Gasteiger partial charge in [-0.3, -0.25) is 9.59 Å². The molecular formula is C24H31ClN6O3. The summed E-state index contributed by atoms with van der Waals surface area (Å²) in [6, 6.07) is 7.28. The summed E-state index contributed by atoms with van der Waals surface area (Å²) in [6.45, 7) is 5.01. The molecule has 1 saturated heterocycles. The number of nitrogens with zero attached hydrogens (tertiary/aromatic N) is 4. The number of anilines is 1. The van der Waals surface area contributed by atoms with Gasteiger partial charge in [-0.05, 0) is 30.0 Å². The van der Waals surface area contributed by atoms with E-state index in [1.165, 1.54) is 6.33 Å². The molecule has 10 heteroatoms. The highest BCUT2D eigenvalue weighted by atomic mass is 35.5. The summed E-state index contributed by atoms with van der Waals surface area (Å²) in [7, 11) is 1.58. The van der Waals surface area contributed by atoms with E-state index in [1.54, 1.807) is 19.2 Å². The molecule has 0 bridgehead atoms. The third kappa shape index (κ3) is 5.16. The summed E-state index contributed by atoms with van der Waals surface area (Å²) >= 11 is 6.05. The fourth-order valence-electron chi connectivity index (χ4n) is 4.77. The number of rotatable bonds is 7. The van der Waals surface area contributed by atoms with E-state index in [4.69, 9.17) is 11.6 Å². The summed E-state index contributed by atoms with van der Waals surface area (Å²) in [6.07, 6.45) is 1.63. The lowest BCUT2D eigenvalue weighted by Gasteiger charge is -2.38. The molecule has 1 fully saturated rings. The molecule has 1 aliphatic heterocycles. The second-order valence-corrected chi connectivity index (χ2v) is 9.31. The molecule has 1 unspecified atom stereocenters. The highest BCUT2D eigenvalue weighted by Gasteiger charge is 2.35. The van der Waals surface area contributed by atoms with Crippen molar-refractivity contribution in [3.63, 3.8) is 0 Å². The molecule has 3 atom stereocenters. The lowest BCUT2D eigenvalue weighted by Crippen LogP contribution is -2.51. The SMILES string of the molecule is CNC(=O)CNCC(C(=O)N1CCN(c2ncnc3c2[C@H](C)C[C@H]3O)CC1)c1ccc(Cl)cc1. The van der Waals surface area contributed by atoms with Crippen LogP contribution in [-0.2, 0) is 9.59 Å². The van der Waals surface area contributed by atoms with Crippen LogP contribution in [0.25, 0.3) is 0 Å². The molecule has 2 heterocycles. The van der Waals surface area contributed by atoms with Gasteiger partial charge in [-0.15, -0.1) is 0 Å². The summed E-state index contributed by atoms with van der Waals surface area (Å²) in [5.74, 6) is 0.520. The number of hydrogen-bond donors (Lipinski definition) is 3. The number of fused-ring (bicyclic) bond motifs is 1. The maximum Gasteiger partial charge on any atom is 0.233 e. The Labute approximate surface area is 204 Å². The van der Waals surface area contributed by atoms with Gasteiger partial charge in [0.1, 0.15) is 12.1 Å². The van der Waals surface area contributed by atoms with Crippen LogP contribution in [0, 0.1) is 0 Å². The summed E-state index contributed by atoms with van der Waals surface area (Å²) in [4.78, 5) is 38.0. The third-order valence-corrected chi connectivity index (χ3v) is 6.91. The van der Waals surface area contributed by atoms with Gasteiger partial charge in [0.15, 0.2) is 0 Å². The highest BCUT2D eigenvalue weighted by molar-refractivity contribution is 6.30. The highest BCUT2D eigenvalue weighted by Crippen LogP contribution is 2.42. The van der Waals surface area contributed by atoms with Crippen molar-refractivity contribution >= 4 is 29.2 Å². The van der Waals surface area contributed by atoms with E-state index in [-0.39, 0.29) is 24.3 Å². The number of aromatic nitrogens is 2. The topological polar surface area (TPSA) is 111 Å². The van der Waals surface area contributed by atoms with Crippen molar-refractivity contribution in [2.45, 2.75) is 31.3 Å². The Balaban J connectivity index is 1.45. The van der Waals surface area contributed by atoms with Crippen molar-refractivity contribution in [1.29, 1.82) is 0 Å². The fourth-order valence-corrected chi connectivity index (χ4v) is 4.90. The standard InChI is InChI=1S/C24H31ClN6O3/c1-15-11-19(32)22-21(15)23(29-14-28-22)30-7-9-31(10-8-30)24(34)18(12-27-13-20(33)26-2)16-3-5-17(25)6-4-16/h3-6,14-15,18-19,27,32H,7-13H2,1-2H3,(H,26,33)/t15-,18?,19-/m1/s1. The zero-order valence-corrected chi connectivity index (χ0v) is 20.3. The number of nitrogens with one attached hydrogen (secondary N) is 2. The van der Waals surface area contributed by atoms with Crippen LogP contribution in [0.3, 0.4) is 0 Å². The number of aliphatic hydroxyl groups is 1. The Morgan fingerprint density at radius 3 is 2.56 bits per heavy atom. The van der Waals surface area contributed by atoms with Crippen molar-refractivity contribution < 1.29 is 14.7 Å². The van der Waals surface area contributed by atoms with Crippen LogP contribution in [0.1, 0.15) is 48.1 Å². The van der Waals surface area contributed by atoms with Gasteiger partial charge in [0.2, 0.25) is 11.8 Å². The van der Waals surface area contributed by atoms with Gasteiger partial charge in [0, 0.05) is 50.4 Å². The van der Waals surface area contributed by atoms with Gasteiger partial charge < -0.3 is 25.5 Å². The monoisotopic (exact) mass is 486 g/mol. The largest absolute Gasteiger partial charge is 0.387 e. The van der Waals surface area contributed by atoms with Gasteiger partial charge in [0.25, 0.3) is 0 Å². The molecule has 3 N–H and O–H groups in total. The van der Waals surface area contributed by atoms with E-state index in [2.05, 4.69) is 32.4 Å². The lowest BCUT2D eigenvalue weighted by atomic mass is 9.97. The van der Waals surface area contributed by atoms with Crippen LogP contribution < -0.4 is 15.5 Å². The predicted octanol–water partition coefficient (Wildman–Crippen LogP) is 1.44. The number of aliphatic hydroxyl groups excluding tert-OH is 1. The average molecular weight is 487 g/mol. The van der Waals surface area contributed by atoms with Gasteiger partial charge >= 0.3 is 0 Å². The number of amides is 2. The first-order valence-electron chi connectivity index (χ1n) is 11.6. The smallest absolute Gasteiger partial charge is 0.233 e. The molecule has 2 aromatic rings. The molecular weight excluding hydrogens is 456 g/mol. The quantitative estimate of drug-likeness (QED) is 0.543. The van der Waals surface area contributed by atoms with Gasteiger partial charge in [-0.25, -0.2) is 9.97 Å². The Kier molecular flexibility index (Phi) is 7.65. The number of benzene rings is 1. The summed E-state index contributed by atoms with van der Waals surface area (Å²) in [5.41, 5.74) is 2.60. The number of hydrogen-bond acceptors (Lipinski definition) is 7. The zero-order chi connectivity index (χ0) is 24.2. The molecule has 0 saturated carbocycles. The first-order chi connectivity index (χ1) is 16.4. The molecule has 4 rings (SSSR count). The molecule has 9 nitrogen and oxygen atoms in total. The minimum absolute atomic E-state index is 0.0167. The van der Waals surface area contributed by atoms with E-state index in [0.29, 0.717) is 44.2 Å². The summed E-state index contributed by atoms with van der Waals surface area (Å²) in [5, 5.41) is 16.6. The normalized spacial score (nSPS) is 20.7. The van der Waals surface area contributed by atoms with Gasteiger partial charge in [0.05, 0.1) is 24.3 Å². The number of carbonyl (C=O) groups excluding carboxylic acids is 2. The Bertz CT molecular complexity index is 1030. The molecule has 1 aromatic heterocycles. The minimum Gasteiger partial charge on any atom is -0.387 e. The fraction of sp³-hybridized carbons (Fsp3) is 0.500. The van der Waals surface area contributed by atoms with Gasteiger partial charge in [-0.1, -0.05) is 30.7 Å². The van der Waals surface area contributed by atoms with Crippen molar-refractivity contribution in [3.05, 3.63) is 52.4 Å². The second kappa shape index (κ2) is 10.7. The molecule has 0 spiro atoms. The minimum atomic E-state index is -0.544. The van der Waals surface area contributed by atoms with E-state index in [0.717, 1.165) is 22.6 Å². The first-order valence-corrected chi connectivity index (χ1v) is 12.0. The van der Waals surface area contributed by atoms with Crippen molar-refractivity contribution in [1.82, 2.24) is 25.5 Å². The summed E-state index contributed by atoms with van der Waals surface area (Å²) < 4.78 is 0. The van der Waals surface area contributed by atoms with Crippen LogP contribution in [0.4, 0.5) is 5.82 Å². The molecule has 2 aliphatic rings. The van der Waals surface area contributed by atoms with Crippen LogP contribution in [0.2, 0.25) is 5.02 Å². The van der Waals surface area contributed by atoms with Crippen LogP contribution in [-0.4, -0.2) is 78.1 Å². The number of halogens is 1. The molecule has 1 aliphatic carbocycles. The molecule has 2 amide bonds. The number of piperazine rings is 1. The first kappa shape index (κ1) is 24.4. The maximum atomic E-state index is 13.5. The molecule has 34 heavy (non-hydrogen) atoms. The zero-order valence-electron chi connectivity index (χ0n) is 19.5. The Morgan fingerprint density at radius 1 is 1.18 bits per heavy atom. The van der Waals surface area contributed by atoms with Crippen LogP contribution in [0.5, 0.6) is 0 Å². The average Bonchev–Trinajstić information content (AvgIpc) is 3.15. The van der Waals surface area contributed by atoms with E-state index < -0.39 is 12.0 Å². The van der Waals surface area contributed by atoms with Crippen molar-refractivity contribution in [2.75, 3.05) is 51.2 Å². The Hall–Kier alpha value is -2.75. The molecule has 1 aromatic carbocycles. The van der Waals surface area contributed by atoms with Crippen LogP contribution >= 0.6 is 11.6 Å². The van der Waals surface area contributed by atoms with Crippen LogP contribution in [0.15, 0.2) is 30.6 Å². The van der Waals surface area contributed by atoms with E-state index >= 15 is 0 Å². The van der Waals surface area contributed by atoms with E-state index in [1.807, 2.05) is 17.0 Å². The van der Waals surface area contributed by atoms with Crippen molar-refractivity contribution in [2.24, 2.45) is 0 Å². The third-order valence-electron chi connectivity index (χ3n) is 6.65. The lowest BCUT2D eigenvalue weighted by molar-refractivity contribution is -0.133. The molecule has 0 radical (unpaired) electrons. The maximum absolute atomic E-state index is 13.5. The van der Waals surface area contributed by atoms with Gasteiger partial charge in [-0.2, -0.15) is 0 Å². The molecule has 182 valence electrons. The number of likely N-dealkylation sites (N-methyl/N-ethyl adjacent to an activating group) is 1. The second-order valence-electron chi connectivity index (χ2n) is 8.87. The van der Waals surface area contributed by atoms with E-state index in [9.17, 15) is 14.7 Å². The number of carbonyl (C=O) groups is 2. The van der Waals surface area contributed by atoms with Crippen molar-refractivity contribution in [3.8, 4) is 0 Å². The predicted molar refractivity (Wildman–Crippen MR) is 130 cm³/mol. The Morgan fingerprint density at radius 2 is 1.88 bits per heavy atom.